The third-order valence-electron chi connectivity index (χ3n) is 3.06. The lowest BCUT2D eigenvalue weighted by atomic mass is 10.1. The maximum Gasteiger partial charge on any atom is 0.251 e. The van der Waals surface area contributed by atoms with Crippen LogP contribution in [0.2, 0.25) is 0 Å². The average molecular weight is 257 g/mol. The highest BCUT2D eigenvalue weighted by atomic mass is 16.1. The summed E-state index contributed by atoms with van der Waals surface area (Å²) < 4.78 is 1.85. The van der Waals surface area contributed by atoms with Gasteiger partial charge >= 0.3 is 0 Å². The zero-order chi connectivity index (χ0) is 13.8. The van der Waals surface area contributed by atoms with Gasteiger partial charge in [-0.1, -0.05) is 17.7 Å². The van der Waals surface area contributed by atoms with Gasteiger partial charge in [0.05, 0.1) is 11.7 Å². The molecule has 0 spiro atoms. The molecule has 0 aliphatic carbocycles. The van der Waals surface area contributed by atoms with Crippen LogP contribution < -0.4 is 5.32 Å². The third-order valence-corrected chi connectivity index (χ3v) is 3.06. The van der Waals surface area contributed by atoms with Crippen molar-refractivity contribution in [1.29, 1.82) is 0 Å². The Labute approximate surface area is 113 Å². The first kappa shape index (κ1) is 13.3. The number of carbonyl (C=O) groups is 1. The summed E-state index contributed by atoms with van der Waals surface area (Å²) in [6.07, 6.45) is 1.92. The summed E-state index contributed by atoms with van der Waals surface area (Å²) in [7, 11) is 0. The molecule has 0 saturated carbocycles. The highest BCUT2D eigenvalue weighted by Gasteiger charge is 2.13. The van der Waals surface area contributed by atoms with Gasteiger partial charge in [-0.25, -0.2) is 0 Å². The minimum Gasteiger partial charge on any atom is -0.344 e. The summed E-state index contributed by atoms with van der Waals surface area (Å²) in [5.41, 5.74) is 2.64. The van der Waals surface area contributed by atoms with Crippen LogP contribution in [0.4, 0.5) is 0 Å². The van der Waals surface area contributed by atoms with E-state index in [2.05, 4.69) is 10.4 Å². The largest absolute Gasteiger partial charge is 0.344 e. The molecule has 0 saturated heterocycles. The first-order valence-electron chi connectivity index (χ1n) is 6.51. The number of hydrogen-bond acceptors (Lipinski definition) is 2. The SMILES string of the molecule is CCn1ccc(C(C)NC(=O)c2cccc(C)c2)n1. The van der Waals surface area contributed by atoms with Crippen molar-refractivity contribution in [2.24, 2.45) is 0 Å². The second-order valence-corrected chi connectivity index (χ2v) is 4.66. The van der Waals surface area contributed by atoms with Gasteiger partial charge in [-0.2, -0.15) is 5.10 Å². The number of aryl methyl sites for hydroxylation is 2. The fourth-order valence-electron chi connectivity index (χ4n) is 1.92. The lowest BCUT2D eigenvalue weighted by Crippen LogP contribution is -2.27. The second kappa shape index (κ2) is 5.69. The van der Waals surface area contributed by atoms with Crippen LogP contribution in [0.25, 0.3) is 0 Å². The fraction of sp³-hybridized carbons (Fsp3) is 0.333. The van der Waals surface area contributed by atoms with Crippen LogP contribution in [-0.2, 0) is 6.54 Å². The van der Waals surface area contributed by atoms with Crippen molar-refractivity contribution in [2.45, 2.75) is 33.4 Å². The molecule has 4 heteroatoms. The number of benzene rings is 1. The smallest absolute Gasteiger partial charge is 0.251 e. The number of amides is 1. The molecule has 1 aromatic carbocycles. The molecule has 0 aliphatic rings. The number of nitrogens with one attached hydrogen (secondary N) is 1. The van der Waals surface area contributed by atoms with Gasteiger partial charge in [-0.05, 0) is 39.0 Å². The molecule has 1 unspecified atom stereocenters. The number of aromatic nitrogens is 2. The molecular formula is C15H19N3O. The van der Waals surface area contributed by atoms with Gasteiger partial charge in [0, 0.05) is 18.3 Å². The topological polar surface area (TPSA) is 46.9 Å². The van der Waals surface area contributed by atoms with E-state index in [-0.39, 0.29) is 11.9 Å². The number of hydrogen-bond donors (Lipinski definition) is 1. The quantitative estimate of drug-likeness (QED) is 0.915. The predicted molar refractivity (Wildman–Crippen MR) is 75.0 cm³/mol. The van der Waals surface area contributed by atoms with E-state index >= 15 is 0 Å². The standard InChI is InChI=1S/C15H19N3O/c1-4-18-9-8-14(17-18)12(3)16-15(19)13-7-5-6-11(2)10-13/h5-10,12H,4H2,1-3H3,(H,16,19). The Morgan fingerprint density at radius 2 is 2.21 bits per heavy atom. The van der Waals surface area contributed by atoms with Gasteiger partial charge in [0.2, 0.25) is 0 Å². The summed E-state index contributed by atoms with van der Waals surface area (Å²) in [6.45, 7) is 6.78. The number of rotatable bonds is 4. The molecule has 1 amide bonds. The molecule has 2 aromatic rings. The van der Waals surface area contributed by atoms with Crippen molar-refractivity contribution in [3.63, 3.8) is 0 Å². The van der Waals surface area contributed by atoms with Gasteiger partial charge in [0.25, 0.3) is 5.91 Å². The Morgan fingerprint density at radius 3 is 2.84 bits per heavy atom. The van der Waals surface area contributed by atoms with E-state index in [0.29, 0.717) is 5.56 Å². The van der Waals surface area contributed by atoms with Gasteiger partial charge in [0.1, 0.15) is 0 Å². The maximum atomic E-state index is 12.1. The highest BCUT2D eigenvalue weighted by molar-refractivity contribution is 5.94. The van der Waals surface area contributed by atoms with E-state index in [9.17, 15) is 4.79 Å². The minimum atomic E-state index is -0.0965. The molecule has 0 bridgehead atoms. The summed E-state index contributed by atoms with van der Waals surface area (Å²) in [5.74, 6) is -0.0674. The summed E-state index contributed by atoms with van der Waals surface area (Å²) >= 11 is 0. The van der Waals surface area contributed by atoms with Crippen LogP contribution in [0.15, 0.2) is 36.5 Å². The van der Waals surface area contributed by atoms with E-state index in [0.717, 1.165) is 17.8 Å². The minimum absolute atomic E-state index is 0.0674. The molecular weight excluding hydrogens is 238 g/mol. The van der Waals surface area contributed by atoms with Crippen molar-refractivity contribution >= 4 is 5.91 Å². The summed E-state index contributed by atoms with van der Waals surface area (Å²) in [5, 5.41) is 7.36. The second-order valence-electron chi connectivity index (χ2n) is 4.66. The molecule has 2 rings (SSSR count). The average Bonchev–Trinajstić information content (AvgIpc) is 2.87. The van der Waals surface area contributed by atoms with Gasteiger partial charge in [-0.3, -0.25) is 9.48 Å². The first-order chi connectivity index (χ1) is 9.10. The lowest BCUT2D eigenvalue weighted by molar-refractivity contribution is 0.0939. The molecule has 1 atom stereocenters. The van der Waals surface area contributed by atoms with Crippen LogP contribution in [0.1, 0.15) is 41.5 Å². The Balaban J connectivity index is 2.06. The van der Waals surface area contributed by atoms with Crippen LogP contribution in [0, 0.1) is 6.92 Å². The van der Waals surface area contributed by atoms with E-state index in [1.165, 1.54) is 0 Å². The zero-order valence-electron chi connectivity index (χ0n) is 11.6. The highest BCUT2D eigenvalue weighted by Crippen LogP contribution is 2.11. The van der Waals surface area contributed by atoms with Crippen LogP contribution in [-0.4, -0.2) is 15.7 Å². The van der Waals surface area contributed by atoms with E-state index in [1.807, 2.05) is 62.0 Å². The summed E-state index contributed by atoms with van der Waals surface area (Å²) in [4.78, 5) is 12.1. The van der Waals surface area contributed by atoms with E-state index in [1.54, 1.807) is 0 Å². The van der Waals surface area contributed by atoms with Crippen molar-refractivity contribution in [2.75, 3.05) is 0 Å². The first-order valence-corrected chi connectivity index (χ1v) is 6.51. The molecule has 100 valence electrons. The van der Waals surface area contributed by atoms with Crippen LogP contribution in [0.3, 0.4) is 0 Å². The molecule has 19 heavy (non-hydrogen) atoms. The van der Waals surface area contributed by atoms with Gasteiger partial charge < -0.3 is 5.32 Å². The number of carbonyl (C=O) groups excluding carboxylic acids is 1. The number of nitrogens with zero attached hydrogens (tertiary/aromatic N) is 2. The predicted octanol–water partition coefficient (Wildman–Crippen LogP) is 2.70. The molecule has 1 aromatic heterocycles. The molecule has 0 fully saturated rings. The Morgan fingerprint density at radius 1 is 1.42 bits per heavy atom. The Bertz CT molecular complexity index is 574. The monoisotopic (exact) mass is 257 g/mol. The molecule has 4 nitrogen and oxygen atoms in total. The zero-order valence-corrected chi connectivity index (χ0v) is 11.6. The third kappa shape index (κ3) is 3.22. The lowest BCUT2D eigenvalue weighted by Gasteiger charge is -2.12. The molecule has 0 radical (unpaired) electrons. The normalized spacial score (nSPS) is 12.2. The van der Waals surface area contributed by atoms with Crippen molar-refractivity contribution in [3.05, 3.63) is 53.3 Å². The van der Waals surface area contributed by atoms with Crippen LogP contribution in [0.5, 0.6) is 0 Å². The fourth-order valence-corrected chi connectivity index (χ4v) is 1.92. The maximum absolute atomic E-state index is 12.1. The summed E-state index contributed by atoms with van der Waals surface area (Å²) in [6, 6.07) is 9.40. The Hall–Kier alpha value is -2.10. The van der Waals surface area contributed by atoms with Crippen molar-refractivity contribution in [3.8, 4) is 0 Å². The van der Waals surface area contributed by atoms with Crippen molar-refractivity contribution in [1.82, 2.24) is 15.1 Å². The molecule has 1 N–H and O–H groups in total. The van der Waals surface area contributed by atoms with Crippen molar-refractivity contribution < 1.29 is 4.79 Å². The van der Waals surface area contributed by atoms with E-state index in [4.69, 9.17) is 0 Å². The van der Waals surface area contributed by atoms with E-state index < -0.39 is 0 Å². The van der Waals surface area contributed by atoms with Crippen LogP contribution >= 0.6 is 0 Å². The van der Waals surface area contributed by atoms with Gasteiger partial charge in [-0.15, -0.1) is 0 Å². The van der Waals surface area contributed by atoms with Gasteiger partial charge in [0.15, 0.2) is 0 Å². The Kier molecular flexibility index (Phi) is 4.00. The molecule has 1 heterocycles. The molecule has 0 aliphatic heterocycles.